The third kappa shape index (κ3) is 2.81. The van der Waals surface area contributed by atoms with Crippen LogP contribution in [0.3, 0.4) is 0 Å². The van der Waals surface area contributed by atoms with Crippen LogP contribution < -0.4 is 0 Å². The maximum atomic E-state index is 12.7. The van der Waals surface area contributed by atoms with E-state index in [2.05, 4.69) is 20.3 Å². The lowest BCUT2D eigenvalue weighted by Crippen LogP contribution is -2.38. The lowest BCUT2D eigenvalue weighted by molar-refractivity contribution is 0.310. The number of sulfonamides is 1. The van der Waals surface area contributed by atoms with Crippen LogP contribution >= 0.6 is 0 Å². The fraction of sp³-hybridized carbons (Fsp3) is 0.467. The van der Waals surface area contributed by atoms with Crippen LogP contribution in [0, 0.1) is 6.92 Å². The average Bonchev–Trinajstić information content (AvgIpc) is 3.21. The van der Waals surface area contributed by atoms with Gasteiger partial charge in [-0.25, -0.2) is 13.4 Å². The van der Waals surface area contributed by atoms with Gasteiger partial charge >= 0.3 is 0 Å². The Balaban J connectivity index is 1.54. The monoisotopic (exact) mass is 361 g/mol. The van der Waals surface area contributed by atoms with Gasteiger partial charge in [0.1, 0.15) is 0 Å². The van der Waals surface area contributed by atoms with Gasteiger partial charge in [-0.15, -0.1) is 10.2 Å². The van der Waals surface area contributed by atoms with E-state index in [1.54, 1.807) is 16.1 Å². The van der Waals surface area contributed by atoms with Crippen LogP contribution in [0.25, 0.3) is 5.65 Å². The molecule has 25 heavy (non-hydrogen) atoms. The summed E-state index contributed by atoms with van der Waals surface area (Å²) in [6.45, 7) is 2.79. The summed E-state index contributed by atoms with van der Waals surface area (Å²) in [5, 5.41) is 13.0. The fourth-order valence-corrected chi connectivity index (χ4v) is 4.60. The first-order valence-corrected chi connectivity index (χ1v) is 9.56. The topological polar surface area (TPSA) is 98.3 Å². The van der Waals surface area contributed by atoms with E-state index >= 15 is 0 Å². The Hall–Kier alpha value is -2.33. The molecule has 9 nitrogen and oxygen atoms in total. The molecule has 4 heterocycles. The maximum Gasteiger partial charge on any atom is 0.262 e. The molecule has 0 saturated carbocycles. The van der Waals surface area contributed by atoms with Crippen molar-refractivity contribution < 1.29 is 8.42 Å². The molecule has 0 N–H and O–H groups in total. The molecule has 3 aromatic rings. The summed E-state index contributed by atoms with van der Waals surface area (Å²) in [5.41, 5.74) is 1.60. The summed E-state index contributed by atoms with van der Waals surface area (Å²) < 4.78 is 30.2. The number of hydrogen-bond donors (Lipinski definition) is 0. The van der Waals surface area contributed by atoms with Crippen LogP contribution in [0.5, 0.6) is 0 Å². The van der Waals surface area contributed by atoms with Gasteiger partial charge in [0.05, 0.1) is 12.0 Å². The van der Waals surface area contributed by atoms with Crippen molar-refractivity contribution in [1.82, 2.24) is 33.7 Å². The number of piperidine rings is 1. The van der Waals surface area contributed by atoms with E-state index in [9.17, 15) is 8.42 Å². The number of imidazole rings is 1. The minimum absolute atomic E-state index is 0.0960. The predicted octanol–water partition coefficient (Wildman–Crippen LogP) is 0.735. The lowest BCUT2D eigenvalue weighted by Gasteiger charge is -2.29. The molecule has 0 radical (unpaired) electrons. The third-order valence-corrected chi connectivity index (χ3v) is 6.31. The molecule has 0 atom stereocenters. The summed E-state index contributed by atoms with van der Waals surface area (Å²) in [6, 6.07) is 3.79. The molecule has 132 valence electrons. The van der Waals surface area contributed by atoms with E-state index in [-0.39, 0.29) is 10.9 Å². The van der Waals surface area contributed by atoms with Crippen LogP contribution in [0.15, 0.2) is 29.7 Å². The Bertz CT molecular complexity index is 1020. The van der Waals surface area contributed by atoms with Gasteiger partial charge in [-0.05, 0) is 31.9 Å². The van der Waals surface area contributed by atoms with Crippen LogP contribution in [-0.4, -0.2) is 55.2 Å². The Kier molecular flexibility index (Phi) is 3.80. The van der Waals surface area contributed by atoms with Crippen molar-refractivity contribution in [1.29, 1.82) is 0 Å². The molecule has 10 heteroatoms. The standard InChI is InChI=1S/C15H19N7O2S/c1-11-3-4-13-17-18-15(22(13)19-11)12-5-7-21(8-6-12)25(23,24)14-9-20(2)10-16-14/h3-4,9-10,12H,5-8H2,1-2H3. The van der Waals surface area contributed by atoms with Gasteiger partial charge in [0, 0.05) is 32.3 Å². The van der Waals surface area contributed by atoms with Gasteiger partial charge in [0.25, 0.3) is 10.0 Å². The van der Waals surface area contributed by atoms with Crippen molar-refractivity contribution in [3.63, 3.8) is 0 Å². The molecule has 0 bridgehead atoms. The van der Waals surface area contributed by atoms with Crippen LogP contribution in [0.4, 0.5) is 0 Å². The highest BCUT2D eigenvalue weighted by Crippen LogP contribution is 2.29. The summed E-state index contributed by atoms with van der Waals surface area (Å²) in [4.78, 5) is 3.98. The lowest BCUT2D eigenvalue weighted by atomic mass is 9.97. The van der Waals surface area contributed by atoms with Gasteiger partial charge < -0.3 is 4.57 Å². The number of fused-ring (bicyclic) bond motifs is 1. The number of nitrogens with zero attached hydrogens (tertiary/aromatic N) is 7. The van der Waals surface area contributed by atoms with E-state index in [0.717, 1.165) is 11.5 Å². The second-order valence-electron chi connectivity index (χ2n) is 6.36. The van der Waals surface area contributed by atoms with E-state index in [4.69, 9.17) is 0 Å². The fourth-order valence-electron chi connectivity index (χ4n) is 3.16. The van der Waals surface area contributed by atoms with E-state index in [1.165, 1.54) is 16.8 Å². The molecular formula is C15H19N7O2S. The Morgan fingerprint density at radius 1 is 1.16 bits per heavy atom. The number of aryl methyl sites for hydroxylation is 2. The predicted molar refractivity (Wildman–Crippen MR) is 89.5 cm³/mol. The molecule has 0 spiro atoms. The van der Waals surface area contributed by atoms with E-state index < -0.39 is 10.0 Å². The van der Waals surface area contributed by atoms with Gasteiger partial charge in [0.15, 0.2) is 16.5 Å². The van der Waals surface area contributed by atoms with Gasteiger partial charge in [-0.3, -0.25) is 0 Å². The molecule has 1 fully saturated rings. The number of aromatic nitrogens is 6. The van der Waals surface area contributed by atoms with E-state index in [1.807, 2.05) is 19.1 Å². The largest absolute Gasteiger partial charge is 0.339 e. The normalized spacial score (nSPS) is 17.4. The van der Waals surface area contributed by atoms with E-state index in [0.29, 0.717) is 31.6 Å². The van der Waals surface area contributed by atoms with Crippen molar-refractivity contribution in [2.75, 3.05) is 13.1 Å². The summed E-state index contributed by atoms with van der Waals surface area (Å²) >= 11 is 0. The van der Waals surface area contributed by atoms with Crippen molar-refractivity contribution in [3.8, 4) is 0 Å². The quantitative estimate of drug-likeness (QED) is 0.682. The molecule has 1 aliphatic rings. The second kappa shape index (κ2) is 5.88. The molecule has 3 aromatic heterocycles. The number of rotatable bonds is 3. The zero-order valence-corrected chi connectivity index (χ0v) is 14.9. The van der Waals surface area contributed by atoms with Gasteiger partial charge in [-0.1, -0.05) is 0 Å². The molecule has 0 unspecified atom stereocenters. The first-order valence-electron chi connectivity index (χ1n) is 8.12. The molecular weight excluding hydrogens is 342 g/mol. The van der Waals surface area contributed by atoms with Crippen LogP contribution in [0.1, 0.15) is 30.3 Å². The molecule has 0 aliphatic carbocycles. The maximum absolute atomic E-state index is 12.7. The first kappa shape index (κ1) is 16.2. The summed E-state index contributed by atoms with van der Waals surface area (Å²) in [6.07, 6.45) is 4.39. The van der Waals surface area contributed by atoms with Crippen molar-refractivity contribution >= 4 is 15.7 Å². The smallest absolute Gasteiger partial charge is 0.262 e. The van der Waals surface area contributed by atoms with Crippen LogP contribution in [0.2, 0.25) is 0 Å². The molecule has 1 saturated heterocycles. The average molecular weight is 361 g/mol. The Morgan fingerprint density at radius 3 is 2.60 bits per heavy atom. The second-order valence-corrected chi connectivity index (χ2v) is 8.24. The van der Waals surface area contributed by atoms with Crippen LogP contribution in [-0.2, 0) is 17.1 Å². The van der Waals surface area contributed by atoms with Gasteiger partial charge in [-0.2, -0.15) is 13.9 Å². The van der Waals surface area contributed by atoms with Crippen molar-refractivity contribution in [2.45, 2.75) is 30.7 Å². The highest BCUT2D eigenvalue weighted by Gasteiger charge is 2.33. The zero-order valence-electron chi connectivity index (χ0n) is 14.1. The third-order valence-electron chi connectivity index (χ3n) is 4.52. The molecule has 0 aromatic carbocycles. The van der Waals surface area contributed by atoms with Crippen molar-refractivity contribution in [2.24, 2.45) is 7.05 Å². The molecule has 0 amide bonds. The minimum atomic E-state index is -3.54. The first-order chi connectivity index (χ1) is 11.9. The van der Waals surface area contributed by atoms with Crippen molar-refractivity contribution in [3.05, 3.63) is 36.2 Å². The SMILES string of the molecule is Cc1ccc2nnc(C3CCN(S(=O)(=O)c4cn(C)cn4)CC3)n2n1. The Labute approximate surface area is 145 Å². The molecule has 1 aliphatic heterocycles. The number of hydrogen-bond acceptors (Lipinski definition) is 6. The minimum Gasteiger partial charge on any atom is -0.339 e. The molecule has 4 rings (SSSR count). The highest BCUT2D eigenvalue weighted by molar-refractivity contribution is 7.89. The Morgan fingerprint density at radius 2 is 1.92 bits per heavy atom. The summed E-state index contributed by atoms with van der Waals surface area (Å²) in [7, 11) is -1.79. The van der Waals surface area contributed by atoms with Gasteiger partial charge in [0.2, 0.25) is 0 Å². The summed E-state index contributed by atoms with van der Waals surface area (Å²) in [5.74, 6) is 0.938. The zero-order chi connectivity index (χ0) is 17.6. The highest BCUT2D eigenvalue weighted by atomic mass is 32.2.